The summed E-state index contributed by atoms with van der Waals surface area (Å²) >= 11 is 0. The highest BCUT2D eigenvalue weighted by Crippen LogP contribution is 2.06. The fourth-order valence-corrected chi connectivity index (χ4v) is 1.78. The van der Waals surface area contributed by atoms with Gasteiger partial charge in [-0.1, -0.05) is 27.2 Å². The highest BCUT2D eigenvalue weighted by atomic mass is 16.5. The van der Waals surface area contributed by atoms with E-state index in [1.807, 2.05) is 6.92 Å². The third-order valence-electron chi connectivity index (χ3n) is 3.15. The van der Waals surface area contributed by atoms with Crippen LogP contribution in [0.2, 0.25) is 0 Å². The number of ether oxygens (including phenoxy) is 1. The minimum atomic E-state index is 0.232. The lowest BCUT2D eigenvalue weighted by atomic mass is 10.1. The lowest BCUT2D eigenvalue weighted by Gasteiger charge is -2.25. The van der Waals surface area contributed by atoms with Crippen molar-refractivity contribution >= 4 is 0 Å². The van der Waals surface area contributed by atoms with Crippen molar-refractivity contribution in [2.45, 2.75) is 46.6 Å². The Kier molecular flexibility index (Phi) is 9.99. The Morgan fingerprint density at radius 2 is 1.94 bits per heavy atom. The van der Waals surface area contributed by atoms with Gasteiger partial charge in [0.25, 0.3) is 0 Å². The molecular weight excluding hydrogens is 200 g/mol. The highest BCUT2D eigenvalue weighted by Gasteiger charge is 2.11. The van der Waals surface area contributed by atoms with Gasteiger partial charge in [-0.2, -0.15) is 0 Å². The minimum absolute atomic E-state index is 0.232. The Morgan fingerprint density at radius 1 is 1.25 bits per heavy atom. The van der Waals surface area contributed by atoms with E-state index in [-0.39, 0.29) is 6.10 Å². The van der Waals surface area contributed by atoms with Crippen LogP contribution < -0.4 is 5.73 Å². The summed E-state index contributed by atoms with van der Waals surface area (Å²) in [6, 6.07) is 0. The molecule has 2 unspecified atom stereocenters. The number of hydrogen-bond acceptors (Lipinski definition) is 3. The van der Waals surface area contributed by atoms with Gasteiger partial charge in [0.1, 0.15) is 0 Å². The molecule has 0 aliphatic rings. The summed E-state index contributed by atoms with van der Waals surface area (Å²) in [6.45, 7) is 13.6. The van der Waals surface area contributed by atoms with Crippen LogP contribution >= 0.6 is 0 Å². The Labute approximate surface area is 101 Å². The van der Waals surface area contributed by atoms with Gasteiger partial charge >= 0.3 is 0 Å². The molecule has 0 heterocycles. The summed E-state index contributed by atoms with van der Waals surface area (Å²) < 4.78 is 5.57. The number of nitrogens with two attached hydrogens (primary N) is 1. The van der Waals surface area contributed by atoms with Crippen LogP contribution in [0.3, 0.4) is 0 Å². The van der Waals surface area contributed by atoms with Crippen LogP contribution in [0.1, 0.15) is 40.5 Å². The summed E-state index contributed by atoms with van der Waals surface area (Å²) in [5.41, 5.74) is 5.67. The maximum Gasteiger partial charge on any atom is 0.0709 e. The average Bonchev–Trinajstić information content (AvgIpc) is 2.32. The molecule has 98 valence electrons. The zero-order valence-corrected chi connectivity index (χ0v) is 11.5. The molecule has 0 radical (unpaired) electrons. The fraction of sp³-hybridized carbons (Fsp3) is 1.00. The summed E-state index contributed by atoms with van der Waals surface area (Å²) in [7, 11) is 0. The highest BCUT2D eigenvalue weighted by molar-refractivity contribution is 4.65. The predicted octanol–water partition coefficient (Wildman–Crippen LogP) is 2.11. The number of nitrogens with zero attached hydrogens (tertiary/aromatic N) is 1. The van der Waals surface area contributed by atoms with E-state index in [4.69, 9.17) is 10.5 Å². The van der Waals surface area contributed by atoms with Crippen molar-refractivity contribution in [2.75, 3.05) is 32.8 Å². The lowest BCUT2D eigenvalue weighted by molar-refractivity contribution is 0.0535. The molecule has 0 amide bonds. The molecule has 3 heteroatoms. The molecule has 0 saturated heterocycles. The van der Waals surface area contributed by atoms with Crippen molar-refractivity contribution in [1.29, 1.82) is 0 Å². The summed E-state index contributed by atoms with van der Waals surface area (Å²) in [5.74, 6) is 0.781. The van der Waals surface area contributed by atoms with Crippen molar-refractivity contribution in [3.05, 3.63) is 0 Å². The van der Waals surface area contributed by atoms with Gasteiger partial charge in [-0.25, -0.2) is 0 Å². The molecule has 0 saturated carbocycles. The van der Waals surface area contributed by atoms with Gasteiger partial charge in [0.2, 0.25) is 0 Å². The SMILES string of the molecule is CCOC(CN)CCN(CC)CC(C)CC. The third kappa shape index (κ3) is 7.20. The van der Waals surface area contributed by atoms with E-state index in [9.17, 15) is 0 Å². The molecule has 0 rings (SSSR count). The van der Waals surface area contributed by atoms with Gasteiger partial charge in [-0.3, -0.25) is 0 Å². The van der Waals surface area contributed by atoms with E-state index in [2.05, 4.69) is 25.7 Å². The van der Waals surface area contributed by atoms with Crippen molar-refractivity contribution in [1.82, 2.24) is 4.90 Å². The smallest absolute Gasteiger partial charge is 0.0709 e. The first-order valence-electron chi connectivity index (χ1n) is 6.71. The van der Waals surface area contributed by atoms with Crippen LogP contribution in [0.25, 0.3) is 0 Å². The molecule has 16 heavy (non-hydrogen) atoms. The zero-order chi connectivity index (χ0) is 12.4. The third-order valence-corrected chi connectivity index (χ3v) is 3.15. The van der Waals surface area contributed by atoms with Crippen LogP contribution in [0.4, 0.5) is 0 Å². The van der Waals surface area contributed by atoms with Crippen molar-refractivity contribution in [3.8, 4) is 0 Å². The second-order valence-corrected chi connectivity index (χ2v) is 4.51. The maximum atomic E-state index is 5.67. The predicted molar refractivity (Wildman–Crippen MR) is 70.7 cm³/mol. The van der Waals surface area contributed by atoms with Crippen LogP contribution in [0.15, 0.2) is 0 Å². The molecule has 0 aromatic heterocycles. The second kappa shape index (κ2) is 10.1. The molecule has 0 aromatic rings. The molecule has 3 nitrogen and oxygen atoms in total. The molecule has 0 spiro atoms. The average molecular weight is 230 g/mol. The standard InChI is InChI=1S/C13H30N2O/c1-5-12(4)11-15(6-2)9-8-13(10-14)16-7-3/h12-13H,5-11,14H2,1-4H3. The van der Waals surface area contributed by atoms with Gasteiger partial charge in [0, 0.05) is 26.2 Å². The first-order valence-corrected chi connectivity index (χ1v) is 6.71. The number of hydrogen-bond donors (Lipinski definition) is 1. The Balaban J connectivity index is 3.83. The van der Waals surface area contributed by atoms with Gasteiger partial charge in [0.15, 0.2) is 0 Å². The molecule has 0 aliphatic carbocycles. The van der Waals surface area contributed by atoms with Crippen LogP contribution in [-0.4, -0.2) is 43.8 Å². The molecule has 2 N–H and O–H groups in total. The van der Waals surface area contributed by atoms with Crippen LogP contribution in [-0.2, 0) is 4.74 Å². The second-order valence-electron chi connectivity index (χ2n) is 4.51. The summed E-state index contributed by atoms with van der Waals surface area (Å²) in [4.78, 5) is 2.50. The van der Waals surface area contributed by atoms with Gasteiger partial charge in [0.05, 0.1) is 6.10 Å². The molecule has 0 aromatic carbocycles. The van der Waals surface area contributed by atoms with E-state index < -0.39 is 0 Å². The van der Waals surface area contributed by atoms with Crippen molar-refractivity contribution in [3.63, 3.8) is 0 Å². The fourth-order valence-electron chi connectivity index (χ4n) is 1.78. The lowest BCUT2D eigenvalue weighted by Crippen LogP contribution is -2.34. The van der Waals surface area contributed by atoms with Crippen LogP contribution in [0, 0.1) is 5.92 Å². The first-order chi connectivity index (χ1) is 7.67. The van der Waals surface area contributed by atoms with Crippen LogP contribution in [0.5, 0.6) is 0 Å². The number of rotatable bonds is 10. The molecule has 0 fully saturated rings. The normalized spacial score (nSPS) is 15.4. The zero-order valence-electron chi connectivity index (χ0n) is 11.5. The van der Waals surface area contributed by atoms with Gasteiger partial charge in [-0.05, 0) is 25.8 Å². The Morgan fingerprint density at radius 3 is 2.38 bits per heavy atom. The maximum absolute atomic E-state index is 5.67. The summed E-state index contributed by atoms with van der Waals surface area (Å²) in [5, 5.41) is 0. The van der Waals surface area contributed by atoms with E-state index in [1.54, 1.807) is 0 Å². The molecular formula is C13H30N2O. The van der Waals surface area contributed by atoms with E-state index >= 15 is 0 Å². The Hall–Kier alpha value is -0.120. The molecule has 0 aliphatic heterocycles. The van der Waals surface area contributed by atoms with E-state index in [0.29, 0.717) is 6.54 Å². The van der Waals surface area contributed by atoms with E-state index in [1.165, 1.54) is 13.0 Å². The van der Waals surface area contributed by atoms with Gasteiger partial charge in [-0.15, -0.1) is 0 Å². The molecule has 2 atom stereocenters. The van der Waals surface area contributed by atoms with Crippen molar-refractivity contribution < 1.29 is 4.74 Å². The molecule has 0 bridgehead atoms. The quantitative estimate of drug-likeness (QED) is 0.625. The minimum Gasteiger partial charge on any atom is -0.377 e. The van der Waals surface area contributed by atoms with E-state index in [0.717, 1.165) is 32.0 Å². The van der Waals surface area contributed by atoms with Crippen molar-refractivity contribution in [2.24, 2.45) is 11.7 Å². The first kappa shape index (κ1) is 15.9. The topological polar surface area (TPSA) is 38.5 Å². The monoisotopic (exact) mass is 230 g/mol. The largest absolute Gasteiger partial charge is 0.377 e. The summed E-state index contributed by atoms with van der Waals surface area (Å²) in [6.07, 6.45) is 2.53. The van der Waals surface area contributed by atoms with Gasteiger partial charge < -0.3 is 15.4 Å². The Bertz CT molecular complexity index is 153.